The van der Waals surface area contributed by atoms with E-state index < -0.39 is 5.44 Å². The van der Waals surface area contributed by atoms with Crippen molar-refractivity contribution in [1.82, 2.24) is 0 Å². The first-order chi connectivity index (χ1) is 1.73. The van der Waals surface area contributed by atoms with E-state index in [9.17, 15) is 0 Å². The summed E-state index contributed by atoms with van der Waals surface area (Å²) in [6.07, 6.45) is 0. The van der Waals surface area contributed by atoms with E-state index in [2.05, 4.69) is 12.6 Å². The molecular weight excluding hydrogens is 170 g/mol. The Bertz CT molecular complexity index is 16.3. The van der Waals surface area contributed by atoms with Crippen molar-refractivity contribution in [1.29, 1.82) is 0 Å². The van der Waals surface area contributed by atoms with Crippen LogP contribution in [0.15, 0.2) is 0 Å². The monoisotopic (exact) mass is 174 g/mol. The minimum atomic E-state index is -0.472. The van der Waals surface area contributed by atoms with Crippen LogP contribution in [0, 0.1) is 0 Å². The standard InChI is InChI=1S/C2H6OS.S.Zn/c1-2(3)4;;/h2-4H,1H3;;/q;-2;+2. The van der Waals surface area contributed by atoms with Crippen molar-refractivity contribution in [3.8, 4) is 0 Å². The van der Waals surface area contributed by atoms with Crippen LogP contribution in [0.4, 0.5) is 0 Å². The maximum atomic E-state index is 7.92. The van der Waals surface area contributed by atoms with Crippen LogP contribution in [0.5, 0.6) is 0 Å². The van der Waals surface area contributed by atoms with E-state index >= 15 is 0 Å². The Morgan fingerprint density at radius 2 is 1.67 bits per heavy atom. The Balaban J connectivity index is -0.0000000450. The largest absolute Gasteiger partial charge is 2.00 e. The van der Waals surface area contributed by atoms with Gasteiger partial charge in [-0.05, 0) is 6.92 Å². The molecule has 0 aromatic heterocycles. The molecule has 0 heterocycles. The summed E-state index contributed by atoms with van der Waals surface area (Å²) in [6, 6.07) is 0. The number of aliphatic hydroxyl groups is 1. The van der Waals surface area contributed by atoms with Crippen molar-refractivity contribution < 1.29 is 24.6 Å². The molecule has 1 unspecified atom stereocenters. The molecule has 0 aliphatic heterocycles. The van der Waals surface area contributed by atoms with E-state index in [1.807, 2.05) is 0 Å². The summed E-state index contributed by atoms with van der Waals surface area (Å²) in [6.45, 7) is 1.59. The molecule has 0 radical (unpaired) electrons. The van der Waals surface area contributed by atoms with Crippen molar-refractivity contribution in [3.05, 3.63) is 0 Å². The zero-order valence-corrected chi connectivity index (χ0v) is 8.27. The SMILES string of the molecule is CC(O)S.[S-2].[Zn+2]. The van der Waals surface area contributed by atoms with Crippen molar-refractivity contribution in [2.45, 2.75) is 12.4 Å². The van der Waals surface area contributed by atoms with Crippen molar-refractivity contribution >= 4 is 26.1 Å². The fraction of sp³-hybridized carbons (Fsp3) is 1.00. The Morgan fingerprint density at radius 1 is 1.67 bits per heavy atom. The first-order valence-electron chi connectivity index (χ1n) is 1.09. The van der Waals surface area contributed by atoms with Crippen LogP contribution in [0.1, 0.15) is 6.92 Å². The van der Waals surface area contributed by atoms with Crippen LogP contribution in [0.25, 0.3) is 0 Å². The molecule has 34 valence electrons. The number of thiol groups is 1. The molecule has 0 amide bonds. The maximum absolute atomic E-state index is 7.92. The molecule has 4 heteroatoms. The zero-order chi connectivity index (χ0) is 3.58. The zero-order valence-electron chi connectivity index (χ0n) is 3.59. The van der Waals surface area contributed by atoms with Gasteiger partial charge in [-0.2, -0.15) is 0 Å². The average Bonchev–Trinajstić information content (AvgIpc) is 0.811. The molecule has 0 spiro atoms. The molecular formula is C2H6OS2Zn. The fourth-order valence-corrected chi connectivity index (χ4v) is 0. The average molecular weight is 176 g/mol. The van der Waals surface area contributed by atoms with Gasteiger partial charge in [-0.15, -0.1) is 12.6 Å². The summed E-state index contributed by atoms with van der Waals surface area (Å²) >= 11 is 3.52. The van der Waals surface area contributed by atoms with Gasteiger partial charge in [0.2, 0.25) is 0 Å². The third kappa shape index (κ3) is 58.9. The molecule has 6 heavy (non-hydrogen) atoms. The molecule has 1 atom stereocenters. The van der Waals surface area contributed by atoms with Gasteiger partial charge in [-0.3, -0.25) is 0 Å². The summed E-state index contributed by atoms with van der Waals surface area (Å²) in [4.78, 5) is 0. The topological polar surface area (TPSA) is 20.2 Å². The van der Waals surface area contributed by atoms with E-state index in [0.29, 0.717) is 0 Å². The molecule has 0 saturated heterocycles. The minimum absolute atomic E-state index is 0. The molecule has 0 bridgehead atoms. The van der Waals surface area contributed by atoms with E-state index in [1.54, 1.807) is 6.92 Å². The number of rotatable bonds is 0. The van der Waals surface area contributed by atoms with Gasteiger partial charge >= 0.3 is 19.5 Å². The Kier molecular flexibility index (Phi) is 25.0. The predicted octanol–water partition coefficient (Wildman–Crippen LogP) is 0.250. The summed E-state index contributed by atoms with van der Waals surface area (Å²) in [5.74, 6) is 0. The Labute approximate surface area is 63.1 Å². The van der Waals surface area contributed by atoms with Gasteiger partial charge in [0.05, 0.1) is 5.44 Å². The van der Waals surface area contributed by atoms with Gasteiger partial charge in [0.25, 0.3) is 0 Å². The van der Waals surface area contributed by atoms with E-state index in [0.717, 1.165) is 0 Å². The van der Waals surface area contributed by atoms with Crippen LogP contribution in [-0.2, 0) is 33.0 Å². The van der Waals surface area contributed by atoms with Crippen LogP contribution < -0.4 is 0 Å². The molecule has 1 nitrogen and oxygen atoms in total. The first kappa shape index (κ1) is 15.7. The minimum Gasteiger partial charge on any atom is -2.00 e. The molecule has 0 aromatic rings. The van der Waals surface area contributed by atoms with Crippen LogP contribution >= 0.6 is 12.6 Å². The molecule has 1 N–H and O–H groups in total. The molecule has 0 rings (SSSR count). The van der Waals surface area contributed by atoms with Crippen molar-refractivity contribution in [2.75, 3.05) is 0 Å². The fourth-order valence-electron chi connectivity index (χ4n) is 0. The van der Waals surface area contributed by atoms with Gasteiger partial charge in [-0.1, -0.05) is 0 Å². The van der Waals surface area contributed by atoms with Gasteiger partial charge in [-0.25, -0.2) is 0 Å². The third-order valence-electron chi connectivity index (χ3n) is 0. The molecule has 0 saturated carbocycles. The second kappa shape index (κ2) is 9.56. The van der Waals surface area contributed by atoms with Crippen molar-refractivity contribution in [2.24, 2.45) is 0 Å². The molecule has 0 aliphatic rings. The second-order valence-corrected chi connectivity index (χ2v) is 1.38. The second-order valence-electron chi connectivity index (χ2n) is 0.632. The third-order valence-corrected chi connectivity index (χ3v) is 0. The smallest absolute Gasteiger partial charge is 2.00 e. The van der Waals surface area contributed by atoms with E-state index in [4.69, 9.17) is 5.11 Å². The van der Waals surface area contributed by atoms with Gasteiger partial charge in [0.1, 0.15) is 0 Å². The molecule has 0 aliphatic carbocycles. The van der Waals surface area contributed by atoms with Crippen LogP contribution in [0.3, 0.4) is 0 Å². The van der Waals surface area contributed by atoms with Crippen LogP contribution in [-0.4, -0.2) is 10.5 Å². The van der Waals surface area contributed by atoms with E-state index in [-0.39, 0.29) is 33.0 Å². The van der Waals surface area contributed by atoms with Gasteiger partial charge < -0.3 is 18.6 Å². The Hall–Kier alpha value is 1.28. The molecule has 0 aromatic carbocycles. The quantitative estimate of drug-likeness (QED) is 0.307. The van der Waals surface area contributed by atoms with Gasteiger partial charge in [0, 0.05) is 0 Å². The Morgan fingerprint density at radius 3 is 1.67 bits per heavy atom. The first-order valence-corrected chi connectivity index (χ1v) is 1.61. The van der Waals surface area contributed by atoms with Gasteiger partial charge in [0.15, 0.2) is 0 Å². The summed E-state index contributed by atoms with van der Waals surface area (Å²) in [5, 5.41) is 7.92. The van der Waals surface area contributed by atoms with Crippen LogP contribution in [0.2, 0.25) is 0 Å². The number of hydrogen-bond acceptors (Lipinski definition) is 2. The summed E-state index contributed by atoms with van der Waals surface area (Å²) in [5.41, 5.74) is -0.472. The normalized spacial score (nSPS) is 10.5. The molecule has 0 fully saturated rings. The summed E-state index contributed by atoms with van der Waals surface area (Å²) in [7, 11) is 0. The number of aliphatic hydroxyl groups excluding tert-OH is 1. The predicted molar refractivity (Wildman–Crippen MR) is 28.0 cm³/mol. The maximum Gasteiger partial charge on any atom is 2.00 e. The van der Waals surface area contributed by atoms with E-state index in [1.165, 1.54) is 0 Å². The summed E-state index contributed by atoms with van der Waals surface area (Å²) < 4.78 is 0. The number of hydrogen-bond donors (Lipinski definition) is 2. The van der Waals surface area contributed by atoms with Crippen molar-refractivity contribution in [3.63, 3.8) is 0 Å².